The molecule has 130 valence electrons. The predicted octanol–water partition coefficient (Wildman–Crippen LogP) is 0.347. The average Bonchev–Trinajstić information content (AvgIpc) is 2.52. The SMILES string of the molecule is [Li+].[O-]C(CP(c1ccccc1)c1ccccc1)(C(F)(F)F)C(F)(F)F. The Balaban J connectivity index is 0.00000312. The van der Waals surface area contributed by atoms with E-state index in [1.807, 2.05) is 0 Å². The van der Waals surface area contributed by atoms with Crippen LogP contribution < -0.4 is 34.6 Å². The van der Waals surface area contributed by atoms with E-state index in [0.29, 0.717) is 0 Å². The quantitative estimate of drug-likeness (QED) is 0.432. The molecule has 25 heavy (non-hydrogen) atoms. The van der Waals surface area contributed by atoms with Crippen LogP contribution in [0.2, 0.25) is 0 Å². The van der Waals surface area contributed by atoms with Crippen LogP contribution in [0.1, 0.15) is 0 Å². The van der Waals surface area contributed by atoms with E-state index in [1.54, 1.807) is 12.1 Å². The number of rotatable bonds is 4. The van der Waals surface area contributed by atoms with Crippen LogP contribution in [0.25, 0.3) is 0 Å². The summed E-state index contributed by atoms with van der Waals surface area (Å²) >= 11 is 0. The first-order valence-corrected chi connectivity index (χ1v) is 8.30. The smallest absolute Gasteiger partial charge is 0.836 e. The van der Waals surface area contributed by atoms with E-state index in [2.05, 4.69) is 0 Å². The Hall–Kier alpha value is -0.993. The van der Waals surface area contributed by atoms with Gasteiger partial charge in [-0.05, 0) is 24.7 Å². The molecule has 0 aromatic heterocycles. The van der Waals surface area contributed by atoms with Crippen molar-refractivity contribution in [2.75, 3.05) is 6.16 Å². The summed E-state index contributed by atoms with van der Waals surface area (Å²) in [6.07, 6.45) is -13.5. The molecule has 1 nitrogen and oxygen atoms in total. The average molecular weight is 372 g/mol. The van der Waals surface area contributed by atoms with Gasteiger partial charge in [-0.15, -0.1) is 0 Å². The molecular weight excluding hydrogens is 360 g/mol. The van der Waals surface area contributed by atoms with E-state index in [-0.39, 0.29) is 29.5 Å². The molecule has 0 aliphatic rings. The minimum absolute atomic E-state index is 0. The summed E-state index contributed by atoms with van der Waals surface area (Å²) in [6, 6.07) is 15.0. The van der Waals surface area contributed by atoms with Gasteiger partial charge in [-0.25, -0.2) is 0 Å². The van der Waals surface area contributed by atoms with Crippen LogP contribution in [0.5, 0.6) is 0 Å². The van der Waals surface area contributed by atoms with Gasteiger partial charge in [0.15, 0.2) is 0 Å². The zero-order valence-electron chi connectivity index (χ0n) is 13.1. The van der Waals surface area contributed by atoms with Crippen LogP contribution in [0.3, 0.4) is 0 Å². The molecule has 2 aromatic carbocycles. The van der Waals surface area contributed by atoms with E-state index in [1.165, 1.54) is 48.5 Å². The third kappa shape index (κ3) is 4.80. The number of benzene rings is 2. The second-order valence-corrected chi connectivity index (χ2v) is 7.28. The number of halogens is 6. The fourth-order valence-electron chi connectivity index (χ4n) is 2.11. The van der Waals surface area contributed by atoms with Crippen molar-refractivity contribution in [1.29, 1.82) is 0 Å². The van der Waals surface area contributed by atoms with Crippen LogP contribution in [0.15, 0.2) is 60.7 Å². The zero-order chi connectivity index (χ0) is 18.0. The van der Waals surface area contributed by atoms with Gasteiger partial charge in [0, 0.05) is 0 Å². The fourth-order valence-corrected chi connectivity index (χ4v) is 4.64. The van der Waals surface area contributed by atoms with Crippen LogP contribution >= 0.6 is 7.92 Å². The molecule has 0 saturated carbocycles. The summed E-state index contributed by atoms with van der Waals surface area (Å²) in [5.41, 5.74) is -5.02. The van der Waals surface area contributed by atoms with Crippen molar-refractivity contribution in [3.05, 3.63) is 60.7 Å². The van der Waals surface area contributed by atoms with Gasteiger partial charge in [-0.2, -0.15) is 26.3 Å². The van der Waals surface area contributed by atoms with Crippen molar-refractivity contribution in [2.45, 2.75) is 18.0 Å². The Morgan fingerprint density at radius 1 is 0.680 bits per heavy atom. The monoisotopic (exact) mass is 372 g/mol. The van der Waals surface area contributed by atoms with E-state index in [0.717, 1.165) is 0 Å². The number of hydrogen-bond acceptors (Lipinski definition) is 1. The van der Waals surface area contributed by atoms with Gasteiger partial charge in [-0.3, -0.25) is 0 Å². The van der Waals surface area contributed by atoms with Crippen molar-refractivity contribution in [1.82, 2.24) is 0 Å². The predicted molar refractivity (Wildman–Crippen MR) is 78.8 cm³/mol. The fraction of sp³-hybridized carbons (Fsp3) is 0.250. The van der Waals surface area contributed by atoms with Gasteiger partial charge in [0.1, 0.15) is 0 Å². The summed E-state index contributed by atoms with van der Waals surface area (Å²) in [5, 5.41) is 12.4. The Morgan fingerprint density at radius 2 is 1.00 bits per heavy atom. The normalized spacial score (nSPS) is 12.8. The first-order valence-electron chi connectivity index (χ1n) is 6.78. The molecule has 0 aliphatic heterocycles. The van der Waals surface area contributed by atoms with Gasteiger partial charge in [-0.1, -0.05) is 60.7 Å². The van der Waals surface area contributed by atoms with Gasteiger partial charge < -0.3 is 5.11 Å². The third-order valence-electron chi connectivity index (χ3n) is 3.43. The molecule has 0 unspecified atom stereocenters. The molecule has 0 atom stereocenters. The molecule has 0 fully saturated rings. The Labute approximate surface area is 154 Å². The number of alkyl halides is 6. The molecule has 0 aliphatic carbocycles. The minimum Gasteiger partial charge on any atom is -0.836 e. The molecule has 0 N–H and O–H groups in total. The first kappa shape index (κ1) is 22.0. The summed E-state index contributed by atoms with van der Waals surface area (Å²) < 4.78 is 77.8. The Bertz CT molecular complexity index is 606. The zero-order valence-corrected chi connectivity index (χ0v) is 14.0. The van der Waals surface area contributed by atoms with Crippen LogP contribution in [0, 0.1) is 0 Å². The molecule has 2 aromatic rings. The van der Waals surface area contributed by atoms with Gasteiger partial charge in [0.05, 0.1) is 5.60 Å². The summed E-state index contributed by atoms with van der Waals surface area (Å²) in [6.45, 7) is 0. The van der Waals surface area contributed by atoms with Crippen molar-refractivity contribution in [3.63, 3.8) is 0 Å². The van der Waals surface area contributed by atoms with E-state index in [9.17, 15) is 31.4 Å². The largest absolute Gasteiger partial charge is 1.00 e. The molecule has 0 heterocycles. The Morgan fingerprint density at radius 3 is 1.28 bits per heavy atom. The van der Waals surface area contributed by atoms with Crippen molar-refractivity contribution < 1.29 is 50.3 Å². The molecule has 0 bridgehead atoms. The van der Waals surface area contributed by atoms with Crippen LogP contribution in [-0.2, 0) is 0 Å². The third-order valence-corrected chi connectivity index (χ3v) is 6.04. The molecule has 9 heteroatoms. The molecule has 0 amide bonds. The Kier molecular flexibility index (Phi) is 7.18. The topological polar surface area (TPSA) is 23.1 Å². The van der Waals surface area contributed by atoms with Crippen molar-refractivity contribution in [2.24, 2.45) is 0 Å². The van der Waals surface area contributed by atoms with E-state index >= 15 is 0 Å². The maximum atomic E-state index is 13.0. The summed E-state index contributed by atoms with van der Waals surface area (Å²) in [5.74, 6) is 0. The number of hydrogen-bond donors (Lipinski definition) is 0. The van der Waals surface area contributed by atoms with E-state index in [4.69, 9.17) is 0 Å². The van der Waals surface area contributed by atoms with Crippen molar-refractivity contribution in [3.8, 4) is 0 Å². The molecular formula is C16H12F6LiOP. The maximum absolute atomic E-state index is 13.0. The standard InChI is InChI=1S/C16H12F6OP.Li/c17-15(18,19)14(23,16(20,21)22)11-24(12-7-3-1-4-8-12)13-9-5-2-6-10-13;/h1-10H,11H2;/q-1;+1. The van der Waals surface area contributed by atoms with Gasteiger partial charge >= 0.3 is 31.2 Å². The second kappa shape index (κ2) is 8.14. The van der Waals surface area contributed by atoms with E-state index < -0.39 is 32.0 Å². The molecule has 0 saturated heterocycles. The van der Waals surface area contributed by atoms with Gasteiger partial charge in [0.2, 0.25) is 0 Å². The second-order valence-electron chi connectivity index (χ2n) is 5.08. The van der Waals surface area contributed by atoms with Crippen LogP contribution in [-0.4, -0.2) is 24.1 Å². The molecule has 2 rings (SSSR count). The van der Waals surface area contributed by atoms with Crippen molar-refractivity contribution >= 4 is 18.5 Å². The molecule has 0 radical (unpaired) electrons. The summed E-state index contributed by atoms with van der Waals surface area (Å²) in [4.78, 5) is 0. The van der Waals surface area contributed by atoms with Gasteiger partial charge in [0.25, 0.3) is 0 Å². The van der Waals surface area contributed by atoms with Crippen LogP contribution in [0.4, 0.5) is 26.3 Å². The minimum atomic E-state index is -5.94. The first-order chi connectivity index (χ1) is 11.1. The maximum Gasteiger partial charge on any atom is 1.00 e. The summed E-state index contributed by atoms with van der Waals surface area (Å²) in [7, 11) is -2.12. The molecule has 0 spiro atoms.